The van der Waals surface area contributed by atoms with E-state index < -0.39 is 11.6 Å². The maximum atomic E-state index is 13.2. The van der Waals surface area contributed by atoms with Crippen LogP contribution in [0.15, 0.2) is 24.3 Å². The number of methoxy groups -OCH3 is 1. The van der Waals surface area contributed by atoms with Gasteiger partial charge in [-0.05, 0) is 41.0 Å². The highest BCUT2D eigenvalue weighted by Gasteiger charge is 2.51. The number of benzene rings is 1. The van der Waals surface area contributed by atoms with E-state index in [-0.39, 0.29) is 12.5 Å². The Morgan fingerprint density at radius 1 is 1.19 bits per heavy atom. The van der Waals surface area contributed by atoms with E-state index in [2.05, 4.69) is 27.8 Å². The zero-order valence-electron chi connectivity index (χ0n) is 15.8. The molecule has 1 N–H and O–H groups in total. The molecule has 144 valence electrons. The highest BCUT2D eigenvalue weighted by atomic mass is 16.5. The molecule has 0 saturated carbocycles. The topological polar surface area (TPSA) is 102 Å². The van der Waals surface area contributed by atoms with Gasteiger partial charge in [-0.25, -0.2) is 9.48 Å². The summed E-state index contributed by atoms with van der Waals surface area (Å²) in [6.45, 7) is 4.64. The number of carbonyl (C=O) groups excluding carboxylic acids is 2. The van der Waals surface area contributed by atoms with Crippen molar-refractivity contribution in [2.75, 3.05) is 7.11 Å². The zero-order valence-corrected chi connectivity index (χ0v) is 15.8. The summed E-state index contributed by atoms with van der Waals surface area (Å²) in [5, 5.41) is 14.5. The molecule has 2 heterocycles. The number of ether oxygens (including phenoxy) is 1. The van der Waals surface area contributed by atoms with Gasteiger partial charge in [0.15, 0.2) is 5.82 Å². The van der Waals surface area contributed by atoms with Crippen LogP contribution in [-0.4, -0.2) is 44.2 Å². The minimum absolute atomic E-state index is 0.0410. The Balaban J connectivity index is 1.86. The van der Waals surface area contributed by atoms with Gasteiger partial charge in [0, 0.05) is 6.54 Å². The second-order valence-electron chi connectivity index (χ2n) is 6.48. The van der Waals surface area contributed by atoms with E-state index in [0.717, 1.165) is 18.4 Å². The molecule has 1 aliphatic rings. The molecule has 1 aromatic carbocycles. The van der Waals surface area contributed by atoms with Crippen molar-refractivity contribution in [1.82, 2.24) is 30.4 Å². The normalized spacial score (nSPS) is 19.4. The molecule has 1 aromatic heterocycles. The van der Waals surface area contributed by atoms with Crippen molar-refractivity contribution in [3.63, 3.8) is 0 Å². The second kappa shape index (κ2) is 7.73. The molecule has 0 aliphatic carbocycles. The summed E-state index contributed by atoms with van der Waals surface area (Å²) in [5.41, 5.74) is -0.373. The molecule has 0 spiro atoms. The van der Waals surface area contributed by atoms with Crippen molar-refractivity contribution in [2.24, 2.45) is 0 Å². The molecule has 1 atom stereocenters. The van der Waals surface area contributed by atoms with Gasteiger partial charge in [-0.2, -0.15) is 0 Å². The smallest absolute Gasteiger partial charge is 0.325 e. The molecule has 27 heavy (non-hydrogen) atoms. The molecule has 0 radical (unpaired) electrons. The fourth-order valence-electron chi connectivity index (χ4n) is 3.24. The van der Waals surface area contributed by atoms with Crippen LogP contribution in [0.4, 0.5) is 4.79 Å². The maximum Gasteiger partial charge on any atom is 0.325 e. The maximum absolute atomic E-state index is 13.2. The first-order valence-electron chi connectivity index (χ1n) is 9.09. The highest BCUT2D eigenvalue weighted by Crippen LogP contribution is 2.33. The van der Waals surface area contributed by atoms with Crippen molar-refractivity contribution >= 4 is 11.9 Å². The Kier molecular flexibility index (Phi) is 5.38. The van der Waals surface area contributed by atoms with Gasteiger partial charge >= 0.3 is 6.03 Å². The number of hydrogen-bond acceptors (Lipinski definition) is 6. The van der Waals surface area contributed by atoms with Crippen LogP contribution in [-0.2, 0) is 23.4 Å². The number of rotatable bonds is 8. The van der Waals surface area contributed by atoms with Crippen molar-refractivity contribution < 1.29 is 14.3 Å². The molecule has 1 aliphatic heterocycles. The lowest BCUT2D eigenvalue weighted by Gasteiger charge is -2.26. The standard InChI is InChI=1S/C18H24N6O3/c1-4-6-11-24-15(20-21-22-24)12-23-16(25)18(5-2,19-17(23)26)13-7-9-14(27-3)10-8-13/h7-10H,4-6,11-12H2,1-3H3,(H,19,26). The van der Waals surface area contributed by atoms with Crippen molar-refractivity contribution in [3.05, 3.63) is 35.7 Å². The van der Waals surface area contributed by atoms with E-state index in [9.17, 15) is 9.59 Å². The van der Waals surface area contributed by atoms with Gasteiger partial charge in [0.05, 0.1) is 13.7 Å². The number of aromatic nitrogens is 4. The summed E-state index contributed by atoms with van der Waals surface area (Å²) >= 11 is 0. The van der Waals surface area contributed by atoms with Crippen LogP contribution < -0.4 is 10.1 Å². The van der Waals surface area contributed by atoms with Crippen LogP contribution in [0.1, 0.15) is 44.5 Å². The van der Waals surface area contributed by atoms with Gasteiger partial charge in [-0.1, -0.05) is 32.4 Å². The van der Waals surface area contributed by atoms with Crippen LogP contribution in [0, 0.1) is 0 Å². The van der Waals surface area contributed by atoms with E-state index in [1.54, 1.807) is 36.1 Å². The summed E-state index contributed by atoms with van der Waals surface area (Å²) in [6.07, 6.45) is 2.35. The number of carbonyl (C=O) groups is 2. The Labute approximate surface area is 157 Å². The monoisotopic (exact) mass is 372 g/mol. The molecule has 1 unspecified atom stereocenters. The van der Waals surface area contributed by atoms with Crippen molar-refractivity contribution in [1.29, 1.82) is 0 Å². The minimum Gasteiger partial charge on any atom is -0.497 e. The van der Waals surface area contributed by atoms with E-state index in [0.29, 0.717) is 24.5 Å². The molecular formula is C18H24N6O3. The van der Waals surface area contributed by atoms with Crippen LogP contribution in [0.3, 0.4) is 0 Å². The quantitative estimate of drug-likeness (QED) is 0.710. The van der Waals surface area contributed by atoms with Gasteiger partial charge in [0.1, 0.15) is 11.3 Å². The summed E-state index contributed by atoms with van der Waals surface area (Å²) in [6, 6.07) is 6.72. The molecule has 2 aromatic rings. The van der Waals surface area contributed by atoms with E-state index in [4.69, 9.17) is 4.74 Å². The van der Waals surface area contributed by atoms with E-state index in [1.165, 1.54) is 4.90 Å². The zero-order chi connectivity index (χ0) is 19.4. The minimum atomic E-state index is -1.09. The van der Waals surface area contributed by atoms with Crippen LogP contribution in [0.2, 0.25) is 0 Å². The first-order valence-corrected chi connectivity index (χ1v) is 9.09. The SMILES string of the molecule is CCCCn1nnnc1CN1C(=O)NC(CC)(c2ccc(OC)cc2)C1=O. The Bertz CT molecular complexity index is 819. The Hall–Kier alpha value is -2.97. The molecular weight excluding hydrogens is 348 g/mol. The van der Waals surface area contributed by atoms with Crippen LogP contribution in [0.5, 0.6) is 5.75 Å². The van der Waals surface area contributed by atoms with E-state index >= 15 is 0 Å². The average Bonchev–Trinajstić information content (AvgIpc) is 3.24. The average molecular weight is 372 g/mol. The Morgan fingerprint density at radius 2 is 1.93 bits per heavy atom. The number of tetrazole rings is 1. The third-order valence-corrected chi connectivity index (χ3v) is 4.92. The lowest BCUT2D eigenvalue weighted by atomic mass is 9.87. The summed E-state index contributed by atoms with van der Waals surface area (Å²) in [5.74, 6) is 0.882. The number of nitrogens with zero attached hydrogens (tertiary/aromatic N) is 5. The first kappa shape index (κ1) is 18.8. The number of amides is 3. The first-order chi connectivity index (χ1) is 13.1. The molecule has 0 bridgehead atoms. The van der Waals surface area contributed by atoms with E-state index in [1.807, 2.05) is 6.92 Å². The van der Waals surface area contributed by atoms with Gasteiger partial charge in [0.25, 0.3) is 5.91 Å². The third-order valence-electron chi connectivity index (χ3n) is 4.92. The molecule has 3 amide bonds. The predicted octanol–water partition coefficient (Wildman–Crippen LogP) is 1.84. The van der Waals surface area contributed by atoms with Gasteiger partial charge < -0.3 is 10.1 Å². The van der Waals surface area contributed by atoms with Crippen molar-refractivity contribution in [3.8, 4) is 5.75 Å². The summed E-state index contributed by atoms with van der Waals surface area (Å²) in [7, 11) is 1.58. The number of nitrogens with one attached hydrogen (secondary N) is 1. The lowest BCUT2D eigenvalue weighted by Crippen LogP contribution is -2.43. The van der Waals surface area contributed by atoms with Gasteiger partial charge in [-0.15, -0.1) is 5.10 Å². The largest absolute Gasteiger partial charge is 0.497 e. The molecule has 3 rings (SSSR count). The number of hydrogen-bond donors (Lipinski definition) is 1. The molecule has 1 saturated heterocycles. The van der Waals surface area contributed by atoms with Crippen LogP contribution in [0.25, 0.3) is 0 Å². The number of aryl methyl sites for hydroxylation is 1. The molecule has 1 fully saturated rings. The summed E-state index contributed by atoms with van der Waals surface area (Å²) < 4.78 is 6.82. The van der Waals surface area contributed by atoms with Gasteiger partial charge in [0.2, 0.25) is 0 Å². The van der Waals surface area contributed by atoms with Crippen molar-refractivity contribution in [2.45, 2.75) is 51.7 Å². The highest BCUT2D eigenvalue weighted by molar-refractivity contribution is 6.07. The third kappa shape index (κ3) is 3.36. The lowest BCUT2D eigenvalue weighted by molar-refractivity contribution is -0.132. The fraction of sp³-hybridized carbons (Fsp3) is 0.500. The Morgan fingerprint density at radius 3 is 2.56 bits per heavy atom. The van der Waals surface area contributed by atoms with Gasteiger partial charge in [-0.3, -0.25) is 9.69 Å². The molecule has 9 nitrogen and oxygen atoms in total. The molecule has 9 heteroatoms. The summed E-state index contributed by atoms with van der Waals surface area (Å²) in [4.78, 5) is 27.0. The second-order valence-corrected chi connectivity index (χ2v) is 6.48. The van der Waals surface area contributed by atoms with Crippen LogP contribution >= 0.6 is 0 Å². The number of unbranched alkanes of at least 4 members (excludes halogenated alkanes) is 1. The number of imide groups is 1. The fourth-order valence-corrected chi connectivity index (χ4v) is 3.24. The number of urea groups is 1. The predicted molar refractivity (Wildman–Crippen MR) is 96.8 cm³/mol.